The maximum Gasteiger partial charge on any atom is 0.434 e. The fraction of sp³-hybridized carbons (Fsp3) is 0.0588. The van der Waals surface area contributed by atoms with Crippen LogP contribution in [0, 0.1) is 0 Å². The molecule has 0 fully saturated rings. The van der Waals surface area contributed by atoms with Crippen molar-refractivity contribution in [3.05, 3.63) is 76.0 Å². The number of aromatic nitrogens is 2. The highest BCUT2D eigenvalue weighted by molar-refractivity contribution is 6.34. The van der Waals surface area contributed by atoms with E-state index in [0.29, 0.717) is 9.70 Å². The van der Waals surface area contributed by atoms with E-state index in [-0.39, 0.29) is 16.4 Å². The molecule has 0 spiro atoms. The highest BCUT2D eigenvalue weighted by atomic mass is 35.5. The van der Waals surface area contributed by atoms with Gasteiger partial charge in [0.25, 0.3) is 5.91 Å². The predicted octanol–water partition coefficient (Wildman–Crippen LogP) is 5.45. The summed E-state index contributed by atoms with van der Waals surface area (Å²) >= 11 is 11.7. The minimum absolute atomic E-state index is 0.124. The third kappa shape index (κ3) is 3.68. The van der Waals surface area contributed by atoms with Crippen LogP contribution in [-0.2, 0) is 6.18 Å². The van der Waals surface area contributed by atoms with E-state index in [9.17, 15) is 18.0 Å². The van der Waals surface area contributed by atoms with Crippen LogP contribution >= 0.6 is 23.2 Å². The number of nitrogens with one attached hydrogen (secondary N) is 1. The van der Waals surface area contributed by atoms with Gasteiger partial charge in [0.05, 0.1) is 28.2 Å². The molecule has 4 nitrogen and oxygen atoms in total. The lowest BCUT2D eigenvalue weighted by atomic mass is 10.2. The molecule has 3 aromatic rings. The van der Waals surface area contributed by atoms with E-state index in [0.717, 1.165) is 6.20 Å². The maximum atomic E-state index is 13.6. The number of rotatable bonds is 3. The van der Waals surface area contributed by atoms with Crippen molar-refractivity contribution in [3.8, 4) is 5.69 Å². The van der Waals surface area contributed by atoms with Crippen LogP contribution in [0.2, 0.25) is 10.0 Å². The number of nitrogens with zero attached hydrogens (tertiary/aromatic N) is 2. The van der Waals surface area contributed by atoms with E-state index in [2.05, 4.69) is 10.4 Å². The van der Waals surface area contributed by atoms with E-state index in [1.54, 1.807) is 12.1 Å². The first kappa shape index (κ1) is 18.3. The zero-order valence-electron chi connectivity index (χ0n) is 12.9. The van der Waals surface area contributed by atoms with Gasteiger partial charge in [0.15, 0.2) is 5.69 Å². The van der Waals surface area contributed by atoms with E-state index in [1.165, 1.54) is 36.4 Å². The van der Waals surface area contributed by atoms with Crippen LogP contribution in [-0.4, -0.2) is 15.7 Å². The topological polar surface area (TPSA) is 46.9 Å². The molecule has 0 unspecified atom stereocenters. The Morgan fingerprint density at radius 2 is 1.69 bits per heavy atom. The monoisotopic (exact) mass is 399 g/mol. The number of carbonyl (C=O) groups excluding carboxylic acids is 1. The first-order valence-corrected chi connectivity index (χ1v) is 8.00. The summed E-state index contributed by atoms with van der Waals surface area (Å²) in [6.45, 7) is 0. The van der Waals surface area contributed by atoms with E-state index in [1.807, 2.05) is 0 Å². The van der Waals surface area contributed by atoms with E-state index in [4.69, 9.17) is 23.2 Å². The second kappa shape index (κ2) is 7.01. The SMILES string of the molecule is O=C(Nc1ccccc1Cl)c1cnn(-c2ccc(Cl)cc2)c1C(F)(F)F. The van der Waals surface area contributed by atoms with Gasteiger partial charge >= 0.3 is 6.18 Å². The molecule has 1 N–H and O–H groups in total. The fourth-order valence-corrected chi connectivity index (χ4v) is 2.63. The Morgan fingerprint density at radius 1 is 1.04 bits per heavy atom. The molecule has 1 heterocycles. The first-order valence-electron chi connectivity index (χ1n) is 7.24. The lowest BCUT2D eigenvalue weighted by Crippen LogP contribution is -2.20. The molecule has 0 bridgehead atoms. The second-order valence-corrected chi connectivity index (χ2v) is 6.07. The molecule has 26 heavy (non-hydrogen) atoms. The van der Waals surface area contributed by atoms with Crippen LogP contribution < -0.4 is 5.32 Å². The third-order valence-electron chi connectivity index (χ3n) is 3.48. The van der Waals surface area contributed by atoms with Gasteiger partial charge in [-0.15, -0.1) is 0 Å². The zero-order chi connectivity index (χ0) is 18.9. The smallest absolute Gasteiger partial charge is 0.321 e. The summed E-state index contributed by atoms with van der Waals surface area (Å²) < 4.78 is 41.4. The van der Waals surface area contributed by atoms with Crippen molar-refractivity contribution in [2.24, 2.45) is 0 Å². The van der Waals surface area contributed by atoms with Gasteiger partial charge in [-0.1, -0.05) is 35.3 Å². The Labute approximate surface area is 156 Å². The van der Waals surface area contributed by atoms with Crippen LogP contribution in [0.5, 0.6) is 0 Å². The Balaban J connectivity index is 2.04. The number of halogens is 5. The molecule has 0 aliphatic rings. The Kier molecular flexibility index (Phi) is 4.93. The molecule has 134 valence electrons. The van der Waals surface area contributed by atoms with E-state index >= 15 is 0 Å². The van der Waals surface area contributed by atoms with Crippen molar-refractivity contribution < 1.29 is 18.0 Å². The standard InChI is InChI=1S/C17H10Cl2F3N3O/c18-10-5-7-11(8-6-10)25-15(17(20,21)22)12(9-23-25)16(26)24-14-4-2-1-3-13(14)19/h1-9H,(H,24,26). The Hall–Kier alpha value is -2.51. The average molecular weight is 400 g/mol. The van der Waals surface area contributed by atoms with E-state index < -0.39 is 23.3 Å². The van der Waals surface area contributed by atoms with Crippen molar-refractivity contribution in [1.29, 1.82) is 0 Å². The van der Waals surface area contributed by atoms with Crippen LogP contribution in [0.3, 0.4) is 0 Å². The minimum atomic E-state index is -4.80. The normalized spacial score (nSPS) is 11.4. The lowest BCUT2D eigenvalue weighted by Gasteiger charge is -2.13. The van der Waals surface area contributed by atoms with Gasteiger partial charge in [-0.2, -0.15) is 18.3 Å². The van der Waals surface area contributed by atoms with Gasteiger partial charge in [-0.3, -0.25) is 4.79 Å². The Morgan fingerprint density at radius 3 is 2.31 bits per heavy atom. The van der Waals surface area contributed by atoms with Crippen LogP contribution in [0.1, 0.15) is 16.1 Å². The van der Waals surface area contributed by atoms with Crippen molar-refractivity contribution >= 4 is 34.8 Å². The summed E-state index contributed by atoms with van der Waals surface area (Å²) in [4.78, 5) is 12.4. The van der Waals surface area contributed by atoms with Gasteiger partial charge in [0.1, 0.15) is 0 Å². The number of hydrogen-bond donors (Lipinski definition) is 1. The van der Waals surface area contributed by atoms with Crippen molar-refractivity contribution in [3.63, 3.8) is 0 Å². The highest BCUT2D eigenvalue weighted by Gasteiger charge is 2.40. The van der Waals surface area contributed by atoms with Crippen LogP contribution in [0.15, 0.2) is 54.7 Å². The quantitative estimate of drug-likeness (QED) is 0.636. The molecule has 3 rings (SSSR count). The van der Waals surface area contributed by atoms with Gasteiger partial charge in [0.2, 0.25) is 0 Å². The second-order valence-electron chi connectivity index (χ2n) is 5.23. The van der Waals surface area contributed by atoms with Crippen LogP contribution in [0.4, 0.5) is 18.9 Å². The number of alkyl halides is 3. The highest BCUT2D eigenvalue weighted by Crippen LogP contribution is 2.34. The lowest BCUT2D eigenvalue weighted by molar-refractivity contribution is -0.143. The average Bonchev–Trinajstić information content (AvgIpc) is 3.03. The largest absolute Gasteiger partial charge is 0.434 e. The minimum Gasteiger partial charge on any atom is -0.321 e. The molecule has 2 aromatic carbocycles. The fourth-order valence-electron chi connectivity index (χ4n) is 2.32. The molecule has 9 heteroatoms. The maximum absolute atomic E-state index is 13.6. The summed E-state index contributed by atoms with van der Waals surface area (Å²) in [5.41, 5.74) is -1.48. The summed E-state index contributed by atoms with van der Waals surface area (Å²) in [6.07, 6.45) is -3.94. The molecular formula is C17H10Cl2F3N3O. The molecule has 0 aliphatic heterocycles. The van der Waals surface area contributed by atoms with Gasteiger partial charge in [-0.05, 0) is 36.4 Å². The summed E-state index contributed by atoms with van der Waals surface area (Å²) in [7, 11) is 0. The zero-order valence-corrected chi connectivity index (χ0v) is 14.4. The summed E-state index contributed by atoms with van der Waals surface area (Å²) in [6, 6.07) is 11.8. The number of hydrogen-bond acceptors (Lipinski definition) is 2. The molecule has 0 saturated carbocycles. The molecule has 0 radical (unpaired) electrons. The van der Waals surface area contributed by atoms with Crippen molar-refractivity contribution in [2.75, 3.05) is 5.32 Å². The third-order valence-corrected chi connectivity index (χ3v) is 4.06. The van der Waals surface area contributed by atoms with Crippen molar-refractivity contribution in [1.82, 2.24) is 9.78 Å². The summed E-state index contributed by atoms with van der Waals surface area (Å²) in [5, 5.41) is 6.67. The first-order chi connectivity index (χ1) is 12.3. The van der Waals surface area contributed by atoms with Gasteiger partial charge in [0, 0.05) is 5.02 Å². The van der Waals surface area contributed by atoms with Gasteiger partial charge in [-0.25, -0.2) is 4.68 Å². The molecule has 0 saturated heterocycles. The number of benzene rings is 2. The number of carbonyl (C=O) groups is 1. The van der Waals surface area contributed by atoms with Crippen LogP contribution in [0.25, 0.3) is 5.69 Å². The molecule has 1 amide bonds. The number of amides is 1. The molecular weight excluding hydrogens is 390 g/mol. The molecule has 0 atom stereocenters. The predicted molar refractivity (Wildman–Crippen MR) is 93.0 cm³/mol. The van der Waals surface area contributed by atoms with Crippen molar-refractivity contribution in [2.45, 2.75) is 6.18 Å². The Bertz CT molecular complexity index is 953. The number of para-hydroxylation sites is 1. The van der Waals surface area contributed by atoms with Gasteiger partial charge < -0.3 is 5.32 Å². The summed E-state index contributed by atoms with van der Waals surface area (Å²) in [5.74, 6) is -0.967. The molecule has 1 aromatic heterocycles. The molecule has 0 aliphatic carbocycles. The number of anilines is 1.